The summed E-state index contributed by atoms with van der Waals surface area (Å²) in [4.78, 5) is 16.8. The van der Waals surface area contributed by atoms with Crippen molar-refractivity contribution < 1.29 is 4.79 Å². The van der Waals surface area contributed by atoms with Crippen molar-refractivity contribution in [3.05, 3.63) is 22.4 Å². The molecule has 0 aliphatic carbocycles. The molecular formula is C14H20N2OS. The first kappa shape index (κ1) is 12.2. The minimum absolute atomic E-state index is 0.136. The van der Waals surface area contributed by atoms with Crippen LogP contribution in [0.4, 0.5) is 0 Å². The van der Waals surface area contributed by atoms with Crippen LogP contribution in [-0.4, -0.2) is 41.4 Å². The van der Waals surface area contributed by atoms with Gasteiger partial charge in [0, 0.05) is 19.6 Å². The second kappa shape index (κ2) is 5.02. The number of piperidine rings is 2. The van der Waals surface area contributed by atoms with Gasteiger partial charge in [-0.25, -0.2) is 0 Å². The Morgan fingerprint density at radius 3 is 3.11 bits per heavy atom. The van der Waals surface area contributed by atoms with Crippen LogP contribution in [0.15, 0.2) is 16.8 Å². The van der Waals surface area contributed by atoms with Crippen LogP contribution in [0.3, 0.4) is 0 Å². The van der Waals surface area contributed by atoms with E-state index in [1.807, 2.05) is 4.90 Å². The molecule has 2 saturated heterocycles. The molecule has 18 heavy (non-hydrogen) atoms. The van der Waals surface area contributed by atoms with E-state index in [9.17, 15) is 4.79 Å². The van der Waals surface area contributed by atoms with Crippen molar-refractivity contribution in [1.29, 1.82) is 0 Å². The summed E-state index contributed by atoms with van der Waals surface area (Å²) in [6.07, 6.45) is 2.31. The molecule has 2 bridgehead atoms. The number of nitrogens with zero attached hydrogens (tertiary/aromatic N) is 2. The molecule has 4 heteroatoms. The summed E-state index contributed by atoms with van der Waals surface area (Å²) in [7, 11) is 0. The van der Waals surface area contributed by atoms with E-state index >= 15 is 0 Å². The lowest BCUT2D eigenvalue weighted by molar-refractivity contribution is -0.145. The van der Waals surface area contributed by atoms with Gasteiger partial charge in [0.05, 0.1) is 6.04 Å². The van der Waals surface area contributed by atoms with Crippen LogP contribution in [0.1, 0.15) is 25.3 Å². The maximum absolute atomic E-state index is 12.4. The van der Waals surface area contributed by atoms with Gasteiger partial charge in [0.25, 0.3) is 0 Å². The molecule has 0 unspecified atom stereocenters. The first-order valence-electron chi connectivity index (χ1n) is 6.82. The molecule has 2 aliphatic heterocycles. The first-order valence-corrected chi connectivity index (χ1v) is 7.76. The van der Waals surface area contributed by atoms with Gasteiger partial charge in [-0.15, -0.1) is 0 Å². The second-order valence-electron chi connectivity index (χ2n) is 5.39. The van der Waals surface area contributed by atoms with Crippen molar-refractivity contribution >= 4 is 17.2 Å². The van der Waals surface area contributed by atoms with Gasteiger partial charge in [0.15, 0.2) is 0 Å². The highest BCUT2D eigenvalue weighted by molar-refractivity contribution is 7.07. The first-order chi connectivity index (χ1) is 8.78. The van der Waals surface area contributed by atoms with E-state index in [4.69, 9.17) is 0 Å². The van der Waals surface area contributed by atoms with Crippen molar-refractivity contribution in [2.75, 3.05) is 19.6 Å². The fourth-order valence-corrected chi connectivity index (χ4v) is 3.87. The molecule has 0 radical (unpaired) electrons. The molecule has 3 heterocycles. The van der Waals surface area contributed by atoms with Crippen molar-refractivity contribution in [2.24, 2.45) is 5.92 Å². The Morgan fingerprint density at radius 2 is 2.39 bits per heavy atom. The number of likely N-dealkylation sites (tertiary alicyclic amines) is 2. The number of carbonyl (C=O) groups excluding carboxylic acids is 1. The van der Waals surface area contributed by atoms with E-state index in [0.29, 0.717) is 5.91 Å². The van der Waals surface area contributed by atoms with Gasteiger partial charge in [-0.3, -0.25) is 9.69 Å². The molecule has 2 aliphatic rings. The minimum atomic E-state index is 0.136. The van der Waals surface area contributed by atoms with Crippen molar-refractivity contribution in [2.45, 2.75) is 32.4 Å². The maximum atomic E-state index is 12.4. The highest BCUT2D eigenvalue weighted by Gasteiger charge is 2.40. The predicted molar refractivity (Wildman–Crippen MR) is 73.5 cm³/mol. The van der Waals surface area contributed by atoms with Gasteiger partial charge in [-0.05, 0) is 54.6 Å². The van der Waals surface area contributed by atoms with Gasteiger partial charge in [-0.1, -0.05) is 0 Å². The zero-order valence-corrected chi connectivity index (χ0v) is 11.7. The Kier molecular flexibility index (Phi) is 3.39. The minimum Gasteiger partial charge on any atom is -0.341 e. The molecule has 1 aromatic rings. The number of amides is 1. The molecule has 3 rings (SSSR count). The molecule has 98 valence electrons. The summed E-state index contributed by atoms with van der Waals surface area (Å²) in [6, 6.07) is 2.30. The SMILES string of the molecule is CCN1C[C@H]2CCN(Cc3ccsc3)[C@H](C2)C1=O. The average Bonchev–Trinajstić information content (AvgIpc) is 2.89. The van der Waals surface area contributed by atoms with Crippen LogP contribution in [0.25, 0.3) is 0 Å². The van der Waals surface area contributed by atoms with Crippen LogP contribution in [0, 0.1) is 5.92 Å². The van der Waals surface area contributed by atoms with Gasteiger partial charge < -0.3 is 4.90 Å². The molecule has 2 atom stereocenters. The van der Waals surface area contributed by atoms with Crippen LogP contribution in [-0.2, 0) is 11.3 Å². The normalized spacial score (nSPS) is 28.7. The molecule has 1 aromatic heterocycles. The van der Waals surface area contributed by atoms with E-state index in [0.717, 1.165) is 38.5 Å². The third-order valence-electron chi connectivity index (χ3n) is 4.24. The number of carbonyl (C=O) groups is 1. The lowest BCUT2D eigenvalue weighted by Crippen LogP contribution is -2.58. The van der Waals surface area contributed by atoms with Crippen LogP contribution >= 0.6 is 11.3 Å². The fraction of sp³-hybridized carbons (Fsp3) is 0.643. The molecule has 0 N–H and O–H groups in total. The molecule has 1 amide bonds. The molecule has 2 fully saturated rings. The molecule has 0 spiro atoms. The zero-order valence-electron chi connectivity index (χ0n) is 10.8. The average molecular weight is 264 g/mol. The van der Waals surface area contributed by atoms with E-state index in [2.05, 4.69) is 28.7 Å². The predicted octanol–water partition coefficient (Wildman–Crippen LogP) is 2.19. The monoisotopic (exact) mass is 264 g/mol. The van der Waals surface area contributed by atoms with Crippen LogP contribution < -0.4 is 0 Å². The Morgan fingerprint density at radius 1 is 1.50 bits per heavy atom. The van der Waals surface area contributed by atoms with Crippen molar-refractivity contribution in [1.82, 2.24) is 9.80 Å². The Labute approximate surface area is 112 Å². The van der Waals surface area contributed by atoms with Gasteiger partial charge in [0.2, 0.25) is 5.91 Å². The number of thiophene rings is 1. The van der Waals surface area contributed by atoms with Crippen LogP contribution in [0.5, 0.6) is 0 Å². The topological polar surface area (TPSA) is 23.6 Å². The Bertz CT molecular complexity index is 417. The molecule has 0 aromatic carbocycles. The van der Waals surface area contributed by atoms with E-state index in [-0.39, 0.29) is 6.04 Å². The van der Waals surface area contributed by atoms with Crippen LogP contribution in [0.2, 0.25) is 0 Å². The lowest BCUT2D eigenvalue weighted by Gasteiger charge is -2.46. The zero-order chi connectivity index (χ0) is 12.5. The van der Waals surface area contributed by atoms with Gasteiger partial charge in [0.1, 0.15) is 0 Å². The fourth-order valence-electron chi connectivity index (χ4n) is 3.21. The maximum Gasteiger partial charge on any atom is 0.239 e. The lowest BCUT2D eigenvalue weighted by atomic mass is 9.85. The summed E-state index contributed by atoms with van der Waals surface area (Å²) in [5.74, 6) is 1.08. The van der Waals surface area contributed by atoms with Crippen molar-refractivity contribution in [3.8, 4) is 0 Å². The number of likely N-dealkylation sites (N-methyl/N-ethyl adjacent to an activating group) is 1. The standard InChI is InChI=1S/C14H20N2OS/c1-2-15-8-11-3-5-16(13(7-11)14(15)17)9-12-4-6-18-10-12/h4,6,10-11,13H,2-3,5,7-9H2,1H3/t11-,13+/m0/s1. The highest BCUT2D eigenvalue weighted by Crippen LogP contribution is 2.31. The Balaban J connectivity index is 1.74. The molecular weight excluding hydrogens is 244 g/mol. The third-order valence-corrected chi connectivity index (χ3v) is 4.98. The summed E-state index contributed by atoms with van der Waals surface area (Å²) < 4.78 is 0. The largest absolute Gasteiger partial charge is 0.341 e. The van der Waals surface area contributed by atoms with Gasteiger partial charge in [-0.2, -0.15) is 11.3 Å². The number of hydrogen-bond donors (Lipinski definition) is 0. The summed E-state index contributed by atoms with van der Waals surface area (Å²) in [5.41, 5.74) is 1.35. The number of fused-ring (bicyclic) bond motifs is 2. The quantitative estimate of drug-likeness (QED) is 0.835. The smallest absolute Gasteiger partial charge is 0.239 e. The molecule has 0 saturated carbocycles. The van der Waals surface area contributed by atoms with E-state index in [1.54, 1.807) is 11.3 Å². The van der Waals surface area contributed by atoms with E-state index < -0.39 is 0 Å². The summed E-state index contributed by atoms with van der Waals surface area (Å²) in [5, 5.41) is 4.31. The Hall–Kier alpha value is -0.870. The summed E-state index contributed by atoms with van der Waals surface area (Å²) in [6.45, 7) is 5.94. The second-order valence-corrected chi connectivity index (χ2v) is 6.17. The van der Waals surface area contributed by atoms with Gasteiger partial charge >= 0.3 is 0 Å². The molecule has 3 nitrogen and oxygen atoms in total. The van der Waals surface area contributed by atoms with E-state index in [1.165, 1.54) is 12.0 Å². The number of rotatable bonds is 3. The van der Waals surface area contributed by atoms with Crippen molar-refractivity contribution in [3.63, 3.8) is 0 Å². The highest BCUT2D eigenvalue weighted by atomic mass is 32.1. The summed E-state index contributed by atoms with van der Waals surface area (Å²) >= 11 is 1.74. The third kappa shape index (κ3) is 2.19. The number of hydrogen-bond acceptors (Lipinski definition) is 3.